The van der Waals surface area contributed by atoms with Gasteiger partial charge in [-0.2, -0.15) is 5.26 Å². The van der Waals surface area contributed by atoms with Crippen molar-refractivity contribution in [3.05, 3.63) is 59.3 Å². The highest BCUT2D eigenvalue weighted by Crippen LogP contribution is 2.30. The number of allylic oxidation sites excluding steroid dienone is 1. The summed E-state index contributed by atoms with van der Waals surface area (Å²) in [7, 11) is 0. The third-order valence-corrected chi connectivity index (χ3v) is 5.98. The van der Waals surface area contributed by atoms with Crippen molar-refractivity contribution in [3.8, 4) is 17.5 Å². The molecule has 35 heavy (non-hydrogen) atoms. The molecule has 2 fully saturated rings. The van der Waals surface area contributed by atoms with E-state index in [-0.39, 0.29) is 0 Å². The summed E-state index contributed by atoms with van der Waals surface area (Å²) in [6, 6.07) is 5.74. The van der Waals surface area contributed by atoms with Crippen molar-refractivity contribution < 1.29 is 0 Å². The van der Waals surface area contributed by atoms with Crippen LogP contribution in [0.15, 0.2) is 36.8 Å². The molecule has 0 aromatic carbocycles. The van der Waals surface area contributed by atoms with E-state index in [0.717, 1.165) is 40.5 Å². The van der Waals surface area contributed by atoms with Gasteiger partial charge in [-0.3, -0.25) is 0 Å². The Morgan fingerprint density at radius 1 is 1.09 bits per heavy atom. The molecule has 0 radical (unpaired) electrons. The predicted octanol–water partition coefficient (Wildman–Crippen LogP) is 6.73. The van der Waals surface area contributed by atoms with Crippen LogP contribution in [0.3, 0.4) is 0 Å². The van der Waals surface area contributed by atoms with Gasteiger partial charge < -0.3 is 9.72 Å². The molecule has 2 aliphatic heterocycles. The van der Waals surface area contributed by atoms with Crippen LogP contribution in [-0.2, 0) is 0 Å². The lowest BCUT2D eigenvalue weighted by atomic mass is 9.95. The van der Waals surface area contributed by atoms with E-state index in [0.29, 0.717) is 17.0 Å². The number of hydrogen-bond donors (Lipinski definition) is 1. The molecule has 2 bridgehead atoms. The summed E-state index contributed by atoms with van der Waals surface area (Å²) in [5.74, 6) is 1.61. The molecule has 0 spiro atoms. The summed E-state index contributed by atoms with van der Waals surface area (Å²) < 4.78 is 1.85. The molecule has 6 nitrogen and oxygen atoms in total. The molecule has 188 valence electrons. The van der Waals surface area contributed by atoms with E-state index in [1.165, 1.54) is 31.3 Å². The van der Waals surface area contributed by atoms with Crippen LogP contribution in [-0.4, -0.2) is 31.4 Å². The lowest BCUT2D eigenvalue weighted by molar-refractivity contribution is 0.319. The van der Waals surface area contributed by atoms with Crippen LogP contribution in [0.2, 0.25) is 0 Å². The number of rotatable bonds is 1. The van der Waals surface area contributed by atoms with Crippen LogP contribution >= 0.6 is 0 Å². The molecular weight excluding hydrogens is 432 g/mol. The predicted molar refractivity (Wildman–Crippen MR) is 145 cm³/mol. The minimum Gasteiger partial charge on any atom is -0.311 e. The molecule has 2 aliphatic rings. The smallest absolute Gasteiger partial charge is 0.160 e. The first-order valence-corrected chi connectivity index (χ1v) is 12.7. The van der Waals surface area contributed by atoms with E-state index in [1.54, 1.807) is 12.3 Å². The zero-order valence-electron chi connectivity index (χ0n) is 22.8. The maximum absolute atomic E-state index is 9.27. The van der Waals surface area contributed by atoms with Crippen molar-refractivity contribution in [1.29, 1.82) is 5.26 Å². The zero-order chi connectivity index (χ0) is 26.1. The van der Waals surface area contributed by atoms with Crippen molar-refractivity contribution >= 4 is 5.65 Å². The van der Waals surface area contributed by atoms with Gasteiger partial charge >= 0.3 is 0 Å². The fourth-order valence-electron chi connectivity index (χ4n) is 4.43. The average molecular weight is 475 g/mol. The number of nitriles is 1. The number of nitrogens with one attached hydrogen (secondary N) is 1. The fraction of sp³-hybridized carbons (Fsp3) is 0.517. The summed E-state index contributed by atoms with van der Waals surface area (Å²) in [5, 5.41) is 12.9. The fourth-order valence-corrected chi connectivity index (χ4v) is 4.43. The van der Waals surface area contributed by atoms with Gasteiger partial charge in [-0.1, -0.05) is 26.3 Å². The number of piperidine rings is 1. The second kappa shape index (κ2) is 13.2. The highest BCUT2D eigenvalue weighted by molar-refractivity contribution is 5.65. The molecule has 5 rings (SSSR count). The van der Waals surface area contributed by atoms with Crippen LogP contribution < -0.4 is 5.32 Å². The summed E-state index contributed by atoms with van der Waals surface area (Å²) in [6.07, 6.45) is 11.3. The monoisotopic (exact) mass is 474 g/mol. The normalized spacial score (nSPS) is 19.8. The molecule has 2 unspecified atom stereocenters. The molecule has 0 saturated carbocycles. The quantitative estimate of drug-likeness (QED) is 0.395. The van der Waals surface area contributed by atoms with Crippen molar-refractivity contribution in [2.75, 3.05) is 0 Å². The molecule has 1 N–H and O–H groups in total. The largest absolute Gasteiger partial charge is 0.311 e. The standard InChI is InChI=1S/C15H13N5.C8H15N.C4H8.C2H6/c1-9-6-17-14(19-11(9)3)13-4-12(5-16)15-18-10(2)7-20(15)8-13;1-6-4-7-2-3-8(5-6)9-7;1-4(2)3;1-2/h4,6-8H,1-3H3;6-9H,2-5H2,1H3;1H2,2-3H3;1-2H3. The van der Waals surface area contributed by atoms with Gasteiger partial charge in [-0.25, -0.2) is 15.0 Å². The second-order valence-corrected chi connectivity index (χ2v) is 9.75. The summed E-state index contributed by atoms with van der Waals surface area (Å²) in [6.45, 7) is 19.7. The maximum Gasteiger partial charge on any atom is 0.160 e. The maximum atomic E-state index is 9.27. The molecule has 2 saturated heterocycles. The van der Waals surface area contributed by atoms with E-state index < -0.39 is 0 Å². The first kappa shape index (κ1) is 28.2. The van der Waals surface area contributed by atoms with Crippen LogP contribution in [0, 0.1) is 38.0 Å². The van der Waals surface area contributed by atoms with Crippen molar-refractivity contribution in [3.63, 3.8) is 0 Å². The van der Waals surface area contributed by atoms with Crippen LogP contribution in [0.5, 0.6) is 0 Å². The zero-order valence-corrected chi connectivity index (χ0v) is 22.8. The SMILES string of the molecule is C=C(C)C.CC.CC1CC2CCC(C1)N2.Cc1cn2cc(-c3ncc(C)c(C)n3)cc(C#N)c2n1. The van der Waals surface area contributed by atoms with E-state index >= 15 is 0 Å². The Morgan fingerprint density at radius 3 is 2.23 bits per heavy atom. The molecule has 3 aromatic heterocycles. The first-order chi connectivity index (χ1) is 16.7. The number of nitrogens with zero attached hydrogens (tertiary/aromatic N) is 5. The number of fused-ring (bicyclic) bond motifs is 3. The molecule has 0 aliphatic carbocycles. The Kier molecular flexibility index (Phi) is 10.6. The first-order valence-electron chi connectivity index (χ1n) is 12.7. The van der Waals surface area contributed by atoms with Gasteiger partial charge in [-0.05, 0) is 77.8 Å². The lowest BCUT2D eigenvalue weighted by Crippen LogP contribution is -2.37. The Labute approximate surface area is 211 Å². The van der Waals surface area contributed by atoms with Gasteiger partial charge in [0.25, 0.3) is 0 Å². The third-order valence-electron chi connectivity index (χ3n) is 5.98. The van der Waals surface area contributed by atoms with Crippen molar-refractivity contribution in [2.24, 2.45) is 5.92 Å². The minimum absolute atomic E-state index is 0.525. The number of aromatic nitrogens is 4. The van der Waals surface area contributed by atoms with E-state index in [4.69, 9.17) is 0 Å². The molecule has 2 atom stereocenters. The molecular formula is C29H42N6. The molecule has 3 aromatic rings. The van der Waals surface area contributed by atoms with Crippen molar-refractivity contribution in [2.45, 2.75) is 93.2 Å². The van der Waals surface area contributed by atoms with Crippen LogP contribution in [0.25, 0.3) is 17.0 Å². The topological polar surface area (TPSA) is 78.9 Å². The molecule has 5 heterocycles. The Hall–Kier alpha value is -3.04. The number of imidazole rings is 1. The second-order valence-electron chi connectivity index (χ2n) is 9.75. The van der Waals surface area contributed by atoms with Gasteiger partial charge in [0.05, 0.1) is 11.3 Å². The summed E-state index contributed by atoms with van der Waals surface area (Å²) in [5.41, 5.74) is 6.04. The molecule has 0 amide bonds. The van der Waals surface area contributed by atoms with Gasteiger partial charge in [0.1, 0.15) is 6.07 Å². The van der Waals surface area contributed by atoms with E-state index in [2.05, 4.69) is 39.8 Å². The number of hydrogen-bond acceptors (Lipinski definition) is 5. The minimum atomic E-state index is 0.525. The van der Waals surface area contributed by atoms with Gasteiger partial charge in [0.2, 0.25) is 0 Å². The average Bonchev–Trinajstić information content (AvgIpc) is 3.36. The Balaban J connectivity index is 0.000000237. The Morgan fingerprint density at radius 2 is 1.69 bits per heavy atom. The van der Waals surface area contributed by atoms with Gasteiger partial charge in [0.15, 0.2) is 11.5 Å². The van der Waals surface area contributed by atoms with E-state index in [1.807, 2.05) is 65.3 Å². The van der Waals surface area contributed by atoms with Crippen LogP contribution in [0.1, 0.15) is 82.8 Å². The van der Waals surface area contributed by atoms with Crippen molar-refractivity contribution in [1.82, 2.24) is 24.7 Å². The summed E-state index contributed by atoms with van der Waals surface area (Å²) >= 11 is 0. The molecule has 6 heteroatoms. The number of aryl methyl sites for hydroxylation is 3. The van der Waals surface area contributed by atoms with Crippen LogP contribution in [0.4, 0.5) is 0 Å². The Bertz CT molecular complexity index is 1150. The lowest BCUT2D eigenvalue weighted by Gasteiger charge is -2.25. The highest BCUT2D eigenvalue weighted by Gasteiger charge is 2.30. The highest BCUT2D eigenvalue weighted by atomic mass is 15.0. The van der Waals surface area contributed by atoms with Gasteiger partial charge in [0, 0.05) is 41.9 Å². The number of pyridine rings is 1. The van der Waals surface area contributed by atoms with Gasteiger partial charge in [-0.15, -0.1) is 6.58 Å². The summed E-state index contributed by atoms with van der Waals surface area (Å²) in [4.78, 5) is 13.2. The van der Waals surface area contributed by atoms with E-state index in [9.17, 15) is 5.26 Å². The third kappa shape index (κ3) is 8.00.